The predicted octanol–water partition coefficient (Wildman–Crippen LogP) is 4.22. The third-order valence-electron chi connectivity index (χ3n) is 3.51. The van der Waals surface area contributed by atoms with Crippen molar-refractivity contribution in [3.05, 3.63) is 34.4 Å². The Morgan fingerprint density at radius 3 is 2.71 bits per heavy atom. The lowest BCUT2D eigenvalue weighted by atomic mass is 10.1. The molecular formula is C16H18BrN3O. The Morgan fingerprint density at radius 1 is 1.29 bits per heavy atom. The minimum atomic E-state index is 0.549. The van der Waals surface area contributed by atoms with E-state index in [4.69, 9.17) is 9.72 Å². The second-order valence-corrected chi connectivity index (χ2v) is 5.84. The van der Waals surface area contributed by atoms with Crippen molar-refractivity contribution in [2.75, 3.05) is 19.0 Å². The van der Waals surface area contributed by atoms with Crippen molar-refractivity contribution in [2.45, 2.75) is 25.7 Å². The maximum absolute atomic E-state index is 5.70. The summed E-state index contributed by atoms with van der Waals surface area (Å²) in [5, 5.41) is 3.14. The third-order valence-corrected chi connectivity index (χ3v) is 4.29. The maximum Gasteiger partial charge on any atom is 0.165 e. The summed E-state index contributed by atoms with van der Waals surface area (Å²) in [6.07, 6.45) is 2.40. The average molecular weight is 348 g/mol. The van der Waals surface area contributed by atoms with Crippen molar-refractivity contribution in [3.8, 4) is 17.1 Å². The van der Waals surface area contributed by atoms with Crippen LogP contribution in [0.25, 0.3) is 11.4 Å². The molecule has 0 spiro atoms. The van der Waals surface area contributed by atoms with E-state index in [-0.39, 0.29) is 0 Å². The number of hydrogen-bond acceptors (Lipinski definition) is 4. The first-order chi connectivity index (χ1) is 10.2. The molecule has 0 radical (unpaired) electrons. The van der Waals surface area contributed by atoms with Crippen LogP contribution in [0.5, 0.6) is 5.75 Å². The Morgan fingerprint density at radius 2 is 2.05 bits per heavy atom. The zero-order chi connectivity index (χ0) is 14.8. The molecule has 3 rings (SSSR count). The summed E-state index contributed by atoms with van der Waals surface area (Å²) in [4.78, 5) is 9.40. The van der Waals surface area contributed by atoms with E-state index in [2.05, 4.69) is 26.2 Å². The first-order valence-corrected chi connectivity index (χ1v) is 8.01. The van der Waals surface area contributed by atoms with Gasteiger partial charge in [0.2, 0.25) is 0 Å². The molecule has 1 aliphatic rings. The summed E-state index contributed by atoms with van der Waals surface area (Å²) in [7, 11) is 1.88. The Labute approximate surface area is 133 Å². The fourth-order valence-corrected chi connectivity index (χ4v) is 3.01. The van der Waals surface area contributed by atoms with Crippen LogP contribution in [-0.2, 0) is 0 Å². The van der Waals surface area contributed by atoms with Gasteiger partial charge in [0.1, 0.15) is 11.6 Å². The lowest BCUT2D eigenvalue weighted by molar-refractivity contribution is 0.341. The molecular weight excluding hydrogens is 330 g/mol. The molecule has 5 heteroatoms. The highest BCUT2D eigenvalue weighted by Gasteiger charge is 2.29. The molecule has 0 amide bonds. The number of anilines is 1. The highest BCUT2D eigenvalue weighted by Crippen LogP contribution is 2.44. The van der Waals surface area contributed by atoms with Crippen LogP contribution in [0.3, 0.4) is 0 Å². The SMILES string of the molecule is CCOc1ccccc1-c1nc(NC)c(Br)c(C2CC2)n1. The molecule has 0 saturated heterocycles. The van der Waals surface area contributed by atoms with Gasteiger partial charge in [-0.25, -0.2) is 9.97 Å². The van der Waals surface area contributed by atoms with Gasteiger partial charge in [-0.2, -0.15) is 0 Å². The van der Waals surface area contributed by atoms with Gasteiger partial charge in [0.05, 0.1) is 22.3 Å². The third kappa shape index (κ3) is 2.88. The molecule has 0 unspecified atom stereocenters. The van der Waals surface area contributed by atoms with Crippen molar-refractivity contribution >= 4 is 21.7 Å². The number of para-hydroxylation sites is 1. The second-order valence-electron chi connectivity index (χ2n) is 5.05. The van der Waals surface area contributed by atoms with Crippen LogP contribution in [0.2, 0.25) is 0 Å². The Kier molecular flexibility index (Phi) is 4.10. The van der Waals surface area contributed by atoms with Crippen LogP contribution in [0.1, 0.15) is 31.4 Å². The van der Waals surface area contributed by atoms with E-state index < -0.39 is 0 Å². The van der Waals surface area contributed by atoms with Gasteiger partial charge in [-0.1, -0.05) is 12.1 Å². The van der Waals surface area contributed by atoms with Gasteiger partial charge in [-0.15, -0.1) is 0 Å². The molecule has 1 aromatic heterocycles. The summed E-state index contributed by atoms with van der Waals surface area (Å²) >= 11 is 3.62. The number of ether oxygens (including phenoxy) is 1. The van der Waals surface area contributed by atoms with Crippen molar-refractivity contribution in [2.24, 2.45) is 0 Å². The largest absolute Gasteiger partial charge is 0.493 e. The van der Waals surface area contributed by atoms with Crippen molar-refractivity contribution < 1.29 is 4.74 Å². The minimum Gasteiger partial charge on any atom is -0.493 e. The fourth-order valence-electron chi connectivity index (χ4n) is 2.31. The smallest absolute Gasteiger partial charge is 0.165 e. The molecule has 110 valence electrons. The van der Waals surface area contributed by atoms with E-state index in [0.717, 1.165) is 27.3 Å². The molecule has 1 aliphatic carbocycles. The monoisotopic (exact) mass is 347 g/mol. The molecule has 1 N–H and O–H groups in total. The van der Waals surface area contributed by atoms with Gasteiger partial charge in [0, 0.05) is 13.0 Å². The number of hydrogen-bond donors (Lipinski definition) is 1. The van der Waals surface area contributed by atoms with Gasteiger partial charge < -0.3 is 10.1 Å². The Balaban J connectivity index is 2.12. The Bertz CT molecular complexity index is 656. The number of aromatic nitrogens is 2. The zero-order valence-corrected chi connectivity index (χ0v) is 13.8. The molecule has 1 saturated carbocycles. The normalized spacial score (nSPS) is 14.0. The van der Waals surface area contributed by atoms with Gasteiger partial charge in [0.25, 0.3) is 0 Å². The van der Waals surface area contributed by atoms with Crippen LogP contribution in [0.15, 0.2) is 28.7 Å². The van der Waals surface area contributed by atoms with Crippen molar-refractivity contribution in [1.29, 1.82) is 0 Å². The molecule has 1 heterocycles. The number of nitrogens with one attached hydrogen (secondary N) is 1. The molecule has 2 aromatic rings. The molecule has 0 bridgehead atoms. The number of benzene rings is 1. The standard InChI is InChI=1S/C16H18BrN3O/c1-3-21-12-7-5-4-6-11(12)15-19-14(10-8-9-10)13(17)16(18-2)20-15/h4-7,10H,3,8-9H2,1-2H3,(H,18,19,20). The predicted molar refractivity (Wildman–Crippen MR) is 87.9 cm³/mol. The average Bonchev–Trinajstić information content (AvgIpc) is 3.33. The quantitative estimate of drug-likeness (QED) is 0.879. The summed E-state index contributed by atoms with van der Waals surface area (Å²) in [5.74, 6) is 2.92. The topological polar surface area (TPSA) is 47.0 Å². The van der Waals surface area contributed by atoms with E-state index in [1.54, 1.807) is 0 Å². The number of halogens is 1. The van der Waals surface area contributed by atoms with E-state index in [1.807, 2.05) is 38.2 Å². The zero-order valence-electron chi connectivity index (χ0n) is 12.2. The van der Waals surface area contributed by atoms with E-state index in [9.17, 15) is 0 Å². The first-order valence-electron chi connectivity index (χ1n) is 7.22. The van der Waals surface area contributed by atoms with Crippen LogP contribution < -0.4 is 10.1 Å². The van der Waals surface area contributed by atoms with E-state index in [1.165, 1.54) is 12.8 Å². The van der Waals surface area contributed by atoms with Gasteiger partial charge in [-0.3, -0.25) is 0 Å². The van der Waals surface area contributed by atoms with Gasteiger partial charge in [-0.05, 0) is 47.8 Å². The fraction of sp³-hybridized carbons (Fsp3) is 0.375. The molecule has 21 heavy (non-hydrogen) atoms. The highest BCUT2D eigenvalue weighted by molar-refractivity contribution is 9.10. The second kappa shape index (κ2) is 6.02. The summed E-state index contributed by atoms with van der Waals surface area (Å²) in [5.41, 5.74) is 2.03. The van der Waals surface area contributed by atoms with Crippen LogP contribution in [-0.4, -0.2) is 23.6 Å². The van der Waals surface area contributed by atoms with Crippen molar-refractivity contribution in [3.63, 3.8) is 0 Å². The molecule has 4 nitrogen and oxygen atoms in total. The summed E-state index contributed by atoms with van der Waals surface area (Å²) < 4.78 is 6.68. The summed E-state index contributed by atoms with van der Waals surface area (Å²) in [6.45, 7) is 2.61. The van der Waals surface area contributed by atoms with E-state index in [0.29, 0.717) is 18.3 Å². The highest BCUT2D eigenvalue weighted by atomic mass is 79.9. The molecule has 0 aliphatic heterocycles. The molecule has 1 aromatic carbocycles. The lowest BCUT2D eigenvalue weighted by Crippen LogP contribution is -2.04. The number of rotatable bonds is 5. The maximum atomic E-state index is 5.70. The molecule has 0 atom stereocenters. The van der Waals surface area contributed by atoms with Gasteiger partial charge >= 0.3 is 0 Å². The summed E-state index contributed by atoms with van der Waals surface area (Å²) in [6, 6.07) is 7.91. The van der Waals surface area contributed by atoms with E-state index >= 15 is 0 Å². The number of nitrogens with zero attached hydrogens (tertiary/aromatic N) is 2. The van der Waals surface area contributed by atoms with Crippen LogP contribution in [0.4, 0.5) is 5.82 Å². The van der Waals surface area contributed by atoms with Crippen molar-refractivity contribution in [1.82, 2.24) is 9.97 Å². The van der Waals surface area contributed by atoms with Gasteiger partial charge in [0.15, 0.2) is 5.82 Å². The molecule has 1 fully saturated rings. The first kappa shape index (κ1) is 14.3. The van der Waals surface area contributed by atoms with Crippen LogP contribution >= 0.6 is 15.9 Å². The van der Waals surface area contributed by atoms with Crippen LogP contribution in [0, 0.1) is 0 Å². The lowest BCUT2D eigenvalue weighted by Gasteiger charge is -2.13. The Hall–Kier alpha value is -1.62. The minimum absolute atomic E-state index is 0.549.